The fraction of sp³-hybridized carbons (Fsp3) is 0.448. The number of allylic oxidation sites excluding steroid dienone is 1. The molecule has 0 saturated heterocycles. The topological polar surface area (TPSA) is 43.4 Å². The van der Waals surface area contributed by atoms with Crippen molar-refractivity contribution in [3.63, 3.8) is 0 Å². The van der Waals surface area contributed by atoms with E-state index in [2.05, 4.69) is 6.92 Å². The Morgan fingerprint density at radius 1 is 0.719 bits per heavy atom. The minimum atomic E-state index is -0.177. The molecule has 0 atom stereocenters. The number of ether oxygens (including phenoxy) is 1. The summed E-state index contributed by atoms with van der Waals surface area (Å²) in [5.41, 5.74) is 1.55. The normalized spacial score (nSPS) is 11.0. The maximum absolute atomic E-state index is 12.1. The smallest absolute Gasteiger partial charge is 0.311 e. The summed E-state index contributed by atoms with van der Waals surface area (Å²) in [6.07, 6.45) is 17.7. The van der Waals surface area contributed by atoms with Crippen molar-refractivity contribution in [2.24, 2.45) is 0 Å². The van der Waals surface area contributed by atoms with E-state index in [-0.39, 0.29) is 11.8 Å². The van der Waals surface area contributed by atoms with E-state index in [0.717, 1.165) is 18.4 Å². The first kappa shape index (κ1) is 25.6. The number of carbonyl (C=O) groups excluding carboxylic acids is 2. The quantitative estimate of drug-likeness (QED) is 0.0879. The van der Waals surface area contributed by atoms with Gasteiger partial charge in [0.15, 0.2) is 5.78 Å². The van der Waals surface area contributed by atoms with Gasteiger partial charge in [-0.3, -0.25) is 9.59 Å². The molecule has 0 heterocycles. The van der Waals surface area contributed by atoms with E-state index in [1.54, 1.807) is 36.4 Å². The Morgan fingerprint density at radius 3 is 1.88 bits per heavy atom. The summed E-state index contributed by atoms with van der Waals surface area (Å²) in [7, 11) is 0. The molecule has 3 heteroatoms. The molecular formula is C29H38O3. The van der Waals surface area contributed by atoms with Crippen molar-refractivity contribution in [2.45, 2.75) is 84.0 Å². The molecule has 2 aromatic rings. The third-order valence-electron chi connectivity index (χ3n) is 5.58. The Kier molecular flexibility index (Phi) is 12.8. The van der Waals surface area contributed by atoms with Crippen LogP contribution in [-0.2, 0) is 4.79 Å². The van der Waals surface area contributed by atoms with Crippen LogP contribution in [0.15, 0.2) is 60.7 Å². The maximum atomic E-state index is 12.1. The number of unbranched alkanes of at least 4 members (excludes halogenated alkanes) is 10. The lowest BCUT2D eigenvalue weighted by Crippen LogP contribution is -2.07. The zero-order valence-corrected chi connectivity index (χ0v) is 19.6. The second kappa shape index (κ2) is 16.0. The number of hydrogen-bond donors (Lipinski definition) is 0. The van der Waals surface area contributed by atoms with Crippen molar-refractivity contribution in [1.82, 2.24) is 0 Å². The monoisotopic (exact) mass is 434 g/mol. The van der Waals surface area contributed by atoms with Gasteiger partial charge in [0.25, 0.3) is 0 Å². The van der Waals surface area contributed by atoms with Crippen LogP contribution < -0.4 is 4.74 Å². The minimum absolute atomic E-state index is 0.0342. The van der Waals surface area contributed by atoms with E-state index in [9.17, 15) is 9.59 Å². The van der Waals surface area contributed by atoms with Gasteiger partial charge in [-0.15, -0.1) is 0 Å². The third kappa shape index (κ3) is 11.1. The van der Waals surface area contributed by atoms with Gasteiger partial charge in [-0.1, -0.05) is 120 Å². The Labute approximate surface area is 193 Å². The van der Waals surface area contributed by atoms with Crippen molar-refractivity contribution in [3.8, 4) is 5.75 Å². The van der Waals surface area contributed by atoms with Crippen LogP contribution in [0.4, 0.5) is 0 Å². The van der Waals surface area contributed by atoms with Crippen LogP contribution in [0.3, 0.4) is 0 Å². The van der Waals surface area contributed by atoms with Crippen molar-refractivity contribution < 1.29 is 14.3 Å². The van der Waals surface area contributed by atoms with Crippen LogP contribution in [0.5, 0.6) is 5.75 Å². The fourth-order valence-corrected chi connectivity index (χ4v) is 3.63. The molecule has 172 valence electrons. The molecule has 0 radical (unpaired) electrons. The van der Waals surface area contributed by atoms with Crippen LogP contribution in [-0.4, -0.2) is 11.8 Å². The summed E-state index contributed by atoms with van der Waals surface area (Å²) in [5.74, 6) is 0.334. The molecule has 0 aliphatic heterocycles. The first-order valence-corrected chi connectivity index (χ1v) is 12.3. The summed E-state index contributed by atoms with van der Waals surface area (Å²) < 4.78 is 5.43. The molecular weight excluding hydrogens is 396 g/mol. The largest absolute Gasteiger partial charge is 0.427 e. The number of rotatable bonds is 16. The lowest BCUT2D eigenvalue weighted by Gasteiger charge is -2.05. The van der Waals surface area contributed by atoms with Crippen LogP contribution >= 0.6 is 0 Å². The van der Waals surface area contributed by atoms with Gasteiger partial charge in [-0.2, -0.15) is 0 Å². The number of hydrogen-bond acceptors (Lipinski definition) is 3. The van der Waals surface area contributed by atoms with Gasteiger partial charge >= 0.3 is 5.97 Å². The van der Waals surface area contributed by atoms with Crippen molar-refractivity contribution in [3.05, 3.63) is 71.8 Å². The van der Waals surface area contributed by atoms with Gasteiger partial charge in [0.1, 0.15) is 5.75 Å². The lowest BCUT2D eigenvalue weighted by atomic mass is 10.1. The van der Waals surface area contributed by atoms with Crippen LogP contribution in [0, 0.1) is 0 Å². The Hall–Kier alpha value is -2.68. The molecule has 32 heavy (non-hydrogen) atoms. The highest BCUT2D eigenvalue weighted by atomic mass is 16.5. The average Bonchev–Trinajstić information content (AvgIpc) is 2.82. The molecule has 0 N–H and O–H groups in total. The van der Waals surface area contributed by atoms with E-state index in [0.29, 0.717) is 17.7 Å². The highest BCUT2D eigenvalue weighted by Gasteiger charge is 2.05. The predicted octanol–water partition coefficient (Wildman–Crippen LogP) is 8.19. The first-order valence-electron chi connectivity index (χ1n) is 12.3. The van der Waals surface area contributed by atoms with Crippen molar-refractivity contribution in [1.29, 1.82) is 0 Å². The average molecular weight is 435 g/mol. The van der Waals surface area contributed by atoms with Crippen LogP contribution in [0.25, 0.3) is 6.08 Å². The minimum Gasteiger partial charge on any atom is -0.427 e. The molecule has 0 aliphatic carbocycles. The molecule has 0 aliphatic rings. The maximum Gasteiger partial charge on any atom is 0.311 e. The molecule has 0 fully saturated rings. The first-order chi connectivity index (χ1) is 15.7. The third-order valence-corrected chi connectivity index (χ3v) is 5.58. The fourth-order valence-electron chi connectivity index (χ4n) is 3.63. The molecule has 2 rings (SSSR count). The Bertz CT molecular complexity index is 806. The highest BCUT2D eigenvalue weighted by Crippen LogP contribution is 2.16. The summed E-state index contributed by atoms with van der Waals surface area (Å²) in [5, 5.41) is 0. The van der Waals surface area contributed by atoms with Gasteiger partial charge in [-0.25, -0.2) is 0 Å². The molecule has 0 bridgehead atoms. The molecule has 3 nitrogen and oxygen atoms in total. The number of ketones is 1. The van der Waals surface area contributed by atoms with Gasteiger partial charge < -0.3 is 4.74 Å². The van der Waals surface area contributed by atoms with Crippen LogP contribution in [0.2, 0.25) is 0 Å². The lowest BCUT2D eigenvalue weighted by molar-refractivity contribution is -0.134. The SMILES string of the molecule is CCCCCCCCCCCCCC(=O)Oc1ccc(/C=C/C(=O)c2ccccc2)cc1. The van der Waals surface area contributed by atoms with Crippen molar-refractivity contribution in [2.75, 3.05) is 0 Å². The molecule has 0 amide bonds. The predicted molar refractivity (Wildman–Crippen MR) is 133 cm³/mol. The number of benzene rings is 2. The second-order valence-electron chi connectivity index (χ2n) is 8.39. The number of esters is 1. The summed E-state index contributed by atoms with van der Waals surface area (Å²) in [4.78, 5) is 24.2. The zero-order valence-electron chi connectivity index (χ0n) is 19.6. The van der Waals surface area contributed by atoms with E-state index in [1.165, 1.54) is 57.8 Å². The standard InChI is InChI=1S/C29H38O3/c1-2-3-4-5-6-7-8-9-10-11-15-18-29(31)32-27-22-19-25(20-23-27)21-24-28(30)26-16-13-12-14-17-26/h12-14,16-17,19-24H,2-11,15,18H2,1H3/b24-21+. The Morgan fingerprint density at radius 2 is 1.28 bits per heavy atom. The van der Waals surface area contributed by atoms with E-state index in [1.807, 2.05) is 30.3 Å². The summed E-state index contributed by atoms with van der Waals surface area (Å²) in [6, 6.07) is 16.4. The molecule has 2 aromatic carbocycles. The van der Waals surface area contributed by atoms with Gasteiger partial charge in [0.2, 0.25) is 0 Å². The van der Waals surface area contributed by atoms with E-state index < -0.39 is 0 Å². The Balaban J connectivity index is 1.57. The second-order valence-corrected chi connectivity index (χ2v) is 8.39. The molecule has 0 unspecified atom stereocenters. The van der Waals surface area contributed by atoms with Gasteiger partial charge in [-0.05, 0) is 30.2 Å². The van der Waals surface area contributed by atoms with E-state index in [4.69, 9.17) is 4.74 Å². The van der Waals surface area contributed by atoms with Gasteiger partial charge in [0, 0.05) is 12.0 Å². The molecule has 0 spiro atoms. The highest BCUT2D eigenvalue weighted by molar-refractivity contribution is 6.06. The van der Waals surface area contributed by atoms with E-state index >= 15 is 0 Å². The number of carbonyl (C=O) groups is 2. The van der Waals surface area contributed by atoms with Crippen molar-refractivity contribution >= 4 is 17.8 Å². The summed E-state index contributed by atoms with van der Waals surface area (Å²) >= 11 is 0. The van der Waals surface area contributed by atoms with Gasteiger partial charge in [0.05, 0.1) is 0 Å². The summed E-state index contributed by atoms with van der Waals surface area (Å²) in [6.45, 7) is 2.25. The molecule has 0 saturated carbocycles. The zero-order chi connectivity index (χ0) is 22.9. The molecule has 0 aromatic heterocycles. The van der Waals surface area contributed by atoms with Crippen LogP contribution in [0.1, 0.15) is 99.9 Å².